The average molecular weight is 211 g/mol. The van der Waals surface area contributed by atoms with Crippen molar-refractivity contribution in [3.05, 3.63) is 21.9 Å². The van der Waals surface area contributed by atoms with Crippen molar-refractivity contribution >= 4 is 11.3 Å². The van der Waals surface area contributed by atoms with E-state index in [1.165, 1.54) is 29.7 Å². The molecule has 1 unspecified atom stereocenters. The molecule has 0 aromatic carbocycles. The predicted octanol–water partition coefficient (Wildman–Crippen LogP) is 3.72. The van der Waals surface area contributed by atoms with E-state index in [0.29, 0.717) is 6.04 Å². The van der Waals surface area contributed by atoms with Crippen molar-refractivity contribution in [2.75, 3.05) is 0 Å². The lowest BCUT2D eigenvalue weighted by Gasteiger charge is -2.12. The first-order valence-corrected chi connectivity index (χ1v) is 6.38. The summed E-state index contributed by atoms with van der Waals surface area (Å²) in [5, 5.41) is 5.74. The van der Waals surface area contributed by atoms with Gasteiger partial charge in [0, 0.05) is 17.5 Å². The van der Waals surface area contributed by atoms with E-state index in [0.717, 1.165) is 6.54 Å². The van der Waals surface area contributed by atoms with Crippen molar-refractivity contribution in [1.82, 2.24) is 5.32 Å². The van der Waals surface area contributed by atoms with Crippen LogP contribution in [0.2, 0.25) is 0 Å². The van der Waals surface area contributed by atoms with Gasteiger partial charge >= 0.3 is 0 Å². The fourth-order valence-corrected chi connectivity index (χ4v) is 2.32. The van der Waals surface area contributed by atoms with Gasteiger partial charge in [0.2, 0.25) is 0 Å². The first-order valence-electron chi connectivity index (χ1n) is 5.50. The van der Waals surface area contributed by atoms with E-state index in [4.69, 9.17) is 0 Å². The van der Waals surface area contributed by atoms with E-state index in [1.54, 1.807) is 0 Å². The van der Waals surface area contributed by atoms with Gasteiger partial charge in [0.25, 0.3) is 0 Å². The van der Waals surface area contributed by atoms with Crippen molar-refractivity contribution < 1.29 is 0 Å². The smallest absolute Gasteiger partial charge is 0.0304 e. The van der Waals surface area contributed by atoms with Crippen LogP contribution in [0.4, 0.5) is 0 Å². The highest BCUT2D eigenvalue weighted by molar-refractivity contribution is 7.10. The maximum atomic E-state index is 3.57. The van der Waals surface area contributed by atoms with Crippen LogP contribution in [0.1, 0.15) is 43.6 Å². The number of rotatable bonds is 6. The van der Waals surface area contributed by atoms with E-state index in [-0.39, 0.29) is 0 Å². The van der Waals surface area contributed by atoms with Crippen LogP contribution in [0.15, 0.2) is 11.4 Å². The molecule has 0 fully saturated rings. The van der Waals surface area contributed by atoms with Crippen LogP contribution in [-0.2, 0) is 6.54 Å². The number of nitrogens with one attached hydrogen (secondary N) is 1. The molecule has 80 valence electrons. The lowest BCUT2D eigenvalue weighted by Crippen LogP contribution is -2.25. The maximum absolute atomic E-state index is 3.57. The summed E-state index contributed by atoms with van der Waals surface area (Å²) in [7, 11) is 0. The lowest BCUT2D eigenvalue weighted by atomic mass is 10.1. The summed E-state index contributed by atoms with van der Waals surface area (Å²) in [4.78, 5) is 1.48. The fourth-order valence-electron chi connectivity index (χ4n) is 1.46. The van der Waals surface area contributed by atoms with Crippen LogP contribution < -0.4 is 5.32 Å². The molecule has 0 aliphatic carbocycles. The molecule has 0 saturated heterocycles. The summed E-state index contributed by atoms with van der Waals surface area (Å²) >= 11 is 1.85. The number of thiophene rings is 1. The molecular formula is C12H21NS. The Labute approximate surface area is 91.5 Å². The molecule has 0 spiro atoms. The topological polar surface area (TPSA) is 12.0 Å². The first kappa shape index (κ1) is 11.7. The van der Waals surface area contributed by atoms with Crippen molar-refractivity contribution in [3.8, 4) is 0 Å². The van der Waals surface area contributed by atoms with E-state index in [2.05, 4.69) is 37.5 Å². The Hall–Kier alpha value is -0.340. The zero-order valence-electron chi connectivity index (χ0n) is 9.47. The van der Waals surface area contributed by atoms with E-state index < -0.39 is 0 Å². The molecule has 0 bridgehead atoms. The van der Waals surface area contributed by atoms with Crippen LogP contribution in [0, 0.1) is 6.92 Å². The third-order valence-electron chi connectivity index (χ3n) is 2.57. The highest BCUT2D eigenvalue weighted by Crippen LogP contribution is 2.15. The molecule has 1 aromatic heterocycles. The molecule has 0 amide bonds. The molecule has 0 saturated carbocycles. The fraction of sp³-hybridized carbons (Fsp3) is 0.667. The van der Waals surface area contributed by atoms with Gasteiger partial charge in [-0.05, 0) is 37.3 Å². The summed E-state index contributed by atoms with van der Waals surface area (Å²) in [6, 6.07) is 2.84. The largest absolute Gasteiger partial charge is 0.309 e. The molecular weight excluding hydrogens is 190 g/mol. The molecule has 0 aliphatic heterocycles. The van der Waals surface area contributed by atoms with Gasteiger partial charge in [0.1, 0.15) is 0 Å². The number of hydrogen-bond acceptors (Lipinski definition) is 2. The van der Waals surface area contributed by atoms with Crippen LogP contribution in [-0.4, -0.2) is 6.04 Å². The van der Waals surface area contributed by atoms with Gasteiger partial charge in [-0.15, -0.1) is 11.3 Å². The summed E-state index contributed by atoms with van der Waals surface area (Å²) in [6.45, 7) is 7.74. The standard InChI is InChI=1S/C12H21NS/c1-4-5-6-11(3)13-9-12-10(2)7-8-14-12/h7-8,11,13H,4-6,9H2,1-3H3. The van der Waals surface area contributed by atoms with E-state index >= 15 is 0 Å². The van der Waals surface area contributed by atoms with Crippen molar-refractivity contribution in [2.24, 2.45) is 0 Å². The Balaban J connectivity index is 2.23. The van der Waals surface area contributed by atoms with E-state index in [1.807, 2.05) is 11.3 Å². The maximum Gasteiger partial charge on any atom is 0.0304 e. The zero-order chi connectivity index (χ0) is 10.4. The third-order valence-corrected chi connectivity index (χ3v) is 3.59. The highest BCUT2D eigenvalue weighted by Gasteiger charge is 2.03. The van der Waals surface area contributed by atoms with Gasteiger partial charge in [-0.3, -0.25) is 0 Å². The molecule has 0 aliphatic rings. The summed E-state index contributed by atoms with van der Waals surface area (Å²) in [5.74, 6) is 0. The van der Waals surface area contributed by atoms with Crippen LogP contribution in [0.3, 0.4) is 0 Å². The summed E-state index contributed by atoms with van der Waals surface area (Å²) < 4.78 is 0. The molecule has 2 heteroatoms. The molecule has 1 aromatic rings. The first-order chi connectivity index (χ1) is 6.74. The highest BCUT2D eigenvalue weighted by atomic mass is 32.1. The van der Waals surface area contributed by atoms with Gasteiger partial charge in [-0.1, -0.05) is 19.8 Å². The SMILES string of the molecule is CCCCC(C)NCc1sccc1C. The van der Waals surface area contributed by atoms with Crippen LogP contribution in [0.5, 0.6) is 0 Å². The molecule has 1 rings (SSSR count). The molecule has 14 heavy (non-hydrogen) atoms. The van der Waals surface area contributed by atoms with Crippen LogP contribution in [0.25, 0.3) is 0 Å². The minimum Gasteiger partial charge on any atom is -0.309 e. The molecule has 1 atom stereocenters. The van der Waals surface area contributed by atoms with Crippen molar-refractivity contribution in [1.29, 1.82) is 0 Å². The molecule has 0 radical (unpaired) electrons. The summed E-state index contributed by atoms with van der Waals surface area (Å²) in [6.07, 6.45) is 3.92. The number of hydrogen-bond donors (Lipinski definition) is 1. The second kappa shape index (κ2) is 6.20. The summed E-state index contributed by atoms with van der Waals surface area (Å²) in [5.41, 5.74) is 1.42. The Kier molecular flexibility index (Phi) is 5.20. The second-order valence-corrected chi connectivity index (χ2v) is 4.95. The van der Waals surface area contributed by atoms with Gasteiger partial charge in [0.15, 0.2) is 0 Å². The molecule has 1 N–H and O–H groups in total. The molecule has 1 nitrogen and oxygen atoms in total. The zero-order valence-corrected chi connectivity index (χ0v) is 10.3. The lowest BCUT2D eigenvalue weighted by molar-refractivity contribution is 0.496. The predicted molar refractivity (Wildman–Crippen MR) is 64.9 cm³/mol. The van der Waals surface area contributed by atoms with Gasteiger partial charge < -0.3 is 5.32 Å². The van der Waals surface area contributed by atoms with Gasteiger partial charge in [-0.2, -0.15) is 0 Å². The Bertz CT molecular complexity index is 255. The minimum absolute atomic E-state index is 0.649. The minimum atomic E-state index is 0.649. The monoisotopic (exact) mass is 211 g/mol. The van der Waals surface area contributed by atoms with Crippen molar-refractivity contribution in [3.63, 3.8) is 0 Å². The second-order valence-electron chi connectivity index (χ2n) is 3.95. The van der Waals surface area contributed by atoms with E-state index in [9.17, 15) is 0 Å². The average Bonchev–Trinajstić information content (AvgIpc) is 2.58. The van der Waals surface area contributed by atoms with Crippen molar-refractivity contribution in [2.45, 2.75) is 52.6 Å². The third kappa shape index (κ3) is 3.81. The van der Waals surface area contributed by atoms with Gasteiger partial charge in [0.05, 0.1) is 0 Å². The molecule has 1 heterocycles. The Morgan fingerprint density at radius 3 is 2.86 bits per heavy atom. The van der Waals surface area contributed by atoms with Crippen LogP contribution >= 0.6 is 11.3 Å². The quantitative estimate of drug-likeness (QED) is 0.756. The Morgan fingerprint density at radius 1 is 1.50 bits per heavy atom. The van der Waals surface area contributed by atoms with Gasteiger partial charge in [-0.25, -0.2) is 0 Å². The Morgan fingerprint density at radius 2 is 2.29 bits per heavy atom. The normalized spacial score (nSPS) is 13.1. The number of unbranched alkanes of at least 4 members (excludes halogenated alkanes) is 1. The number of aryl methyl sites for hydroxylation is 1.